The minimum absolute atomic E-state index is 0.240. The van der Waals surface area contributed by atoms with E-state index in [1.807, 2.05) is 19.1 Å². The summed E-state index contributed by atoms with van der Waals surface area (Å²) in [7, 11) is 1.32. The first-order valence-electron chi connectivity index (χ1n) is 8.86. The van der Waals surface area contributed by atoms with Gasteiger partial charge in [0.1, 0.15) is 18.1 Å². The fourth-order valence-corrected chi connectivity index (χ4v) is 2.24. The van der Waals surface area contributed by atoms with E-state index in [2.05, 4.69) is 19.9 Å². The number of pyridine rings is 2. The lowest BCUT2D eigenvalue weighted by molar-refractivity contribution is 0.0600. The molecule has 0 aliphatic heterocycles. The van der Waals surface area contributed by atoms with Crippen molar-refractivity contribution in [2.45, 2.75) is 32.4 Å². The molecule has 0 amide bonds. The molecular weight excluding hydrogens is 360 g/mol. The molecule has 0 atom stereocenters. The molecule has 1 fully saturated rings. The van der Waals surface area contributed by atoms with E-state index in [0.717, 1.165) is 11.1 Å². The summed E-state index contributed by atoms with van der Waals surface area (Å²) in [5, 5.41) is 4.07. The molecule has 28 heavy (non-hydrogen) atoms. The van der Waals surface area contributed by atoms with Crippen molar-refractivity contribution in [3.63, 3.8) is 0 Å². The molecule has 0 radical (unpaired) electrons. The van der Waals surface area contributed by atoms with Crippen LogP contribution in [0.3, 0.4) is 0 Å². The van der Waals surface area contributed by atoms with E-state index < -0.39 is 5.97 Å². The van der Waals surface area contributed by atoms with Gasteiger partial charge in [-0.25, -0.2) is 9.78 Å². The summed E-state index contributed by atoms with van der Waals surface area (Å²) in [6.45, 7) is 2.06. The van der Waals surface area contributed by atoms with Crippen molar-refractivity contribution in [2.24, 2.45) is 5.73 Å². The third-order valence-electron chi connectivity index (χ3n) is 4.06. The summed E-state index contributed by atoms with van der Waals surface area (Å²) in [5.74, 6) is 0.614. The summed E-state index contributed by atoms with van der Waals surface area (Å²) in [4.78, 5) is 19.6. The quantitative estimate of drug-likeness (QED) is 0.670. The number of carbonyl (C=O) groups is 1. The summed E-state index contributed by atoms with van der Waals surface area (Å²) >= 11 is 0. The molecule has 3 aromatic rings. The molecule has 0 spiro atoms. The van der Waals surface area contributed by atoms with Crippen molar-refractivity contribution in [2.75, 3.05) is 7.11 Å². The SMILES string of the molecule is COC(=O)c1ccc(OCc2c(-c3cccnc3)noc2C)nc1.NC1CC1. The van der Waals surface area contributed by atoms with Crippen LogP contribution in [0, 0.1) is 6.92 Å². The third kappa shape index (κ3) is 5.14. The minimum atomic E-state index is -0.442. The Kier molecular flexibility index (Phi) is 6.33. The zero-order valence-corrected chi connectivity index (χ0v) is 15.8. The van der Waals surface area contributed by atoms with E-state index in [0.29, 0.717) is 28.9 Å². The second-order valence-electron chi connectivity index (χ2n) is 6.31. The van der Waals surface area contributed by atoms with Crippen LogP contribution in [0.15, 0.2) is 47.4 Å². The first kappa shape index (κ1) is 19.5. The number of aromatic nitrogens is 3. The largest absolute Gasteiger partial charge is 0.473 e. The van der Waals surface area contributed by atoms with Gasteiger partial charge >= 0.3 is 5.97 Å². The number of nitrogens with two attached hydrogens (primary N) is 1. The average molecular weight is 382 g/mol. The van der Waals surface area contributed by atoms with Crippen molar-refractivity contribution in [3.8, 4) is 17.1 Å². The molecule has 4 rings (SSSR count). The van der Waals surface area contributed by atoms with E-state index >= 15 is 0 Å². The number of rotatable bonds is 5. The monoisotopic (exact) mass is 382 g/mol. The predicted octanol–water partition coefficient (Wildman–Crippen LogP) is 2.91. The number of methoxy groups -OCH3 is 1. The second-order valence-corrected chi connectivity index (χ2v) is 6.31. The van der Waals surface area contributed by atoms with Gasteiger partial charge in [0.25, 0.3) is 0 Å². The Labute approximate surface area is 162 Å². The van der Waals surface area contributed by atoms with Gasteiger partial charge in [-0.2, -0.15) is 0 Å². The Bertz CT molecular complexity index is 906. The normalized spacial score (nSPS) is 12.7. The van der Waals surface area contributed by atoms with Crippen LogP contribution in [0.25, 0.3) is 11.3 Å². The van der Waals surface area contributed by atoms with Crippen LogP contribution in [0.4, 0.5) is 0 Å². The van der Waals surface area contributed by atoms with Crippen LogP contribution in [-0.2, 0) is 11.3 Å². The highest BCUT2D eigenvalue weighted by Crippen LogP contribution is 2.25. The number of hydrogen-bond donors (Lipinski definition) is 1. The molecule has 1 saturated carbocycles. The Balaban J connectivity index is 0.000000500. The van der Waals surface area contributed by atoms with Gasteiger partial charge in [0.15, 0.2) is 0 Å². The number of carbonyl (C=O) groups excluding carboxylic acids is 1. The molecule has 146 valence electrons. The van der Waals surface area contributed by atoms with E-state index in [4.69, 9.17) is 15.0 Å². The lowest BCUT2D eigenvalue weighted by Crippen LogP contribution is -2.03. The average Bonchev–Trinajstić information content (AvgIpc) is 3.44. The highest BCUT2D eigenvalue weighted by molar-refractivity contribution is 5.88. The highest BCUT2D eigenvalue weighted by atomic mass is 16.5. The van der Waals surface area contributed by atoms with Crippen molar-refractivity contribution < 1.29 is 18.8 Å². The number of esters is 1. The molecule has 2 N–H and O–H groups in total. The molecule has 0 unspecified atom stereocenters. The van der Waals surface area contributed by atoms with Gasteiger partial charge in [0.05, 0.1) is 18.2 Å². The van der Waals surface area contributed by atoms with Crippen LogP contribution in [0.5, 0.6) is 5.88 Å². The van der Waals surface area contributed by atoms with Crippen molar-refractivity contribution in [1.29, 1.82) is 0 Å². The summed E-state index contributed by atoms with van der Waals surface area (Å²) in [6, 6.07) is 7.52. The standard InChI is InChI=1S/C17H15N3O4.C3H7N/c1-11-14(16(20-24-11)12-4-3-7-18-8-12)10-23-15-6-5-13(9-19-15)17(21)22-2;4-3-1-2-3/h3-9H,10H2,1-2H3;3H,1-2,4H2. The molecule has 0 saturated heterocycles. The molecular formula is C20H22N4O4. The molecule has 1 aliphatic rings. The van der Waals surface area contributed by atoms with Gasteiger partial charge < -0.3 is 19.7 Å². The third-order valence-corrected chi connectivity index (χ3v) is 4.06. The maximum absolute atomic E-state index is 11.4. The molecule has 3 heterocycles. The molecule has 8 nitrogen and oxygen atoms in total. The topological polar surface area (TPSA) is 113 Å². The first-order valence-corrected chi connectivity index (χ1v) is 8.86. The molecule has 0 aromatic carbocycles. The van der Waals surface area contributed by atoms with Gasteiger partial charge in [-0.05, 0) is 38.0 Å². The smallest absolute Gasteiger partial charge is 0.339 e. The Morgan fingerprint density at radius 3 is 2.64 bits per heavy atom. The van der Waals surface area contributed by atoms with Crippen molar-refractivity contribution in [1.82, 2.24) is 15.1 Å². The first-order chi connectivity index (χ1) is 13.6. The second kappa shape index (κ2) is 9.09. The Morgan fingerprint density at radius 2 is 2.07 bits per heavy atom. The van der Waals surface area contributed by atoms with E-state index in [-0.39, 0.29) is 6.61 Å². The van der Waals surface area contributed by atoms with Gasteiger partial charge in [0, 0.05) is 36.3 Å². The maximum Gasteiger partial charge on any atom is 0.339 e. The van der Waals surface area contributed by atoms with Crippen molar-refractivity contribution in [3.05, 3.63) is 59.7 Å². The van der Waals surface area contributed by atoms with Crippen molar-refractivity contribution >= 4 is 5.97 Å². The fraction of sp³-hybridized carbons (Fsp3) is 0.300. The summed E-state index contributed by atoms with van der Waals surface area (Å²) in [6.07, 6.45) is 7.34. The zero-order chi connectivity index (χ0) is 19.9. The molecule has 8 heteroatoms. The fourth-order valence-electron chi connectivity index (χ4n) is 2.24. The lowest BCUT2D eigenvalue weighted by Gasteiger charge is -2.06. The lowest BCUT2D eigenvalue weighted by atomic mass is 10.1. The summed E-state index contributed by atoms with van der Waals surface area (Å²) in [5.41, 5.74) is 7.94. The van der Waals surface area contributed by atoms with E-state index in [1.54, 1.807) is 24.5 Å². The van der Waals surface area contributed by atoms with E-state index in [1.165, 1.54) is 26.1 Å². The van der Waals surface area contributed by atoms with Gasteiger partial charge in [-0.15, -0.1) is 0 Å². The number of ether oxygens (including phenoxy) is 2. The Hall–Kier alpha value is -3.26. The van der Waals surface area contributed by atoms with Crippen LogP contribution in [0.2, 0.25) is 0 Å². The summed E-state index contributed by atoms with van der Waals surface area (Å²) < 4.78 is 15.6. The van der Waals surface area contributed by atoms with Gasteiger partial charge in [-0.3, -0.25) is 4.98 Å². The maximum atomic E-state index is 11.4. The highest BCUT2D eigenvalue weighted by Gasteiger charge is 2.16. The van der Waals surface area contributed by atoms with Crippen LogP contribution < -0.4 is 10.5 Å². The number of aryl methyl sites for hydroxylation is 1. The zero-order valence-electron chi connectivity index (χ0n) is 15.8. The molecule has 0 bridgehead atoms. The molecule has 3 aromatic heterocycles. The molecule has 1 aliphatic carbocycles. The minimum Gasteiger partial charge on any atom is -0.473 e. The number of hydrogen-bond acceptors (Lipinski definition) is 8. The predicted molar refractivity (Wildman–Crippen MR) is 102 cm³/mol. The van der Waals surface area contributed by atoms with Crippen LogP contribution in [0.1, 0.15) is 34.5 Å². The van der Waals surface area contributed by atoms with Gasteiger partial charge in [0.2, 0.25) is 5.88 Å². The van der Waals surface area contributed by atoms with Crippen LogP contribution in [-0.4, -0.2) is 34.2 Å². The van der Waals surface area contributed by atoms with E-state index in [9.17, 15) is 4.79 Å². The number of nitrogens with zero attached hydrogens (tertiary/aromatic N) is 3. The van der Waals surface area contributed by atoms with Crippen LogP contribution >= 0.6 is 0 Å². The Morgan fingerprint density at radius 1 is 1.29 bits per heavy atom. The van der Waals surface area contributed by atoms with Gasteiger partial charge in [-0.1, -0.05) is 5.16 Å².